The zero-order valence-electron chi connectivity index (χ0n) is 14.6. The number of benzene rings is 1. The smallest absolute Gasteiger partial charge is 0.387 e. The van der Waals surface area contributed by atoms with Gasteiger partial charge in [0.15, 0.2) is 0 Å². The highest BCUT2D eigenvalue weighted by atomic mass is 32.1. The fourth-order valence-electron chi connectivity index (χ4n) is 2.41. The first-order valence-corrected chi connectivity index (χ1v) is 8.60. The average molecular weight is 410 g/mol. The number of nitrogens with one attached hydrogen (secondary N) is 1. The van der Waals surface area contributed by atoms with Crippen LogP contribution in [-0.2, 0) is 0 Å². The Balaban J connectivity index is 2.06. The third-order valence-corrected chi connectivity index (χ3v) is 4.35. The number of carbonyl (C=O) groups is 1. The molecule has 0 spiro atoms. The molecule has 3 aromatic rings. The van der Waals surface area contributed by atoms with Gasteiger partial charge in [-0.05, 0) is 36.5 Å². The van der Waals surface area contributed by atoms with E-state index in [9.17, 15) is 18.0 Å². The largest absolute Gasteiger partial charge is 0.472 e. The molecule has 7 nitrogen and oxygen atoms in total. The van der Waals surface area contributed by atoms with Gasteiger partial charge in [-0.15, -0.1) is 5.10 Å². The number of ether oxygens (including phenoxy) is 2. The first-order valence-electron chi connectivity index (χ1n) is 7.78. The average Bonchev–Trinajstić information content (AvgIpc) is 3.08. The third-order valence-electron chi connectivity index (χ3n) is 3.55. The number of carbonyl (C=O) groups excluding carboxylic acids is 1. The minimum absolute atomic E-state index is 0.0511. The van der Waals surface area contributed by atoms with Crippen molar-refractivity contribution in [1.29, 1.82) is 0 Å². The number of amides is 1. The van der Waals surface area contributed by atoms with Gasteiger partial charge in [-0.1, -0.05) is 11.2 Å². The Bertz CT molecular complexity index is 1010. The minimum atomic E-state index is -3.16. The molecule has 0 radical (unpaired) electrons. The van der Waals surface area contributed by atoms with Crippen LogP contribution in [-0.4, -0.2) is 34.8 Å². The number of aromatic nitrogens is 3. The molecule has 146 valence electrons. The molecule has 3 rings (SSSR count). The maximum Gasteiger partial charge on any atom is 0.387 e. The molecule has 0 aliphatic rings. The predicted octanol–water partition coefficient (Wildman–Crippen LogP) is 3.91. The molecule has 0 aliphatic carbocycles. The highest BCUT2D eigenvalue weighted by Gasteiger charge is 2.22. The van der Waals surface area contributed by atoms with Crippen molar-refractivity contribution in [2.45, 2.75) is 13.5 Å². The van der Waals surface area contributed by atoms with Gasteiger partial charge in [0.25, 0.3) is 11.1 Å². The standard InChI is InChI=1S/C17H13F3N4O3S/c1-8-6-9(13-11(18)4-3-5-12(13)27-15(19)20)10(7-21-8)14(25)22-16-23-24-17(26-2)28-16/h3-7,15H,1-2H3,(H,22,23,25). The molecular weight excluding hydrogens is 397 g/mol. The van der Waals surface area contributed by atoms with Crippen LogP contribution in [0.3, 0.4) is 0 Å². The van der Waals surface area contributed by atoms with Crippen molar-refractivity contribution in [3.05, 3.63) is 47.5 Å². The van der Waals surface area contributed by atoms with E-state index < -0.39 is 24.1 Å². The summed E-state index contributed by atoms with van der Waals surface area (Å²) < 4.78 is 49.4. The SMILES string of the molecule is COc1nnc(NC(=O)c2cnc(C)cc2-c2c(F)cccc2OC(F)F)s1. The number of methoxy groups -OCH3 is 1. The summed E-state index contributed by atoms with van der Waals surface area (Å²) in [4.78, 5) is 16.7. The van der Waals surface area contributed by atoms with Crippen LogP contribution in [0.5, 0.6) is 10.9 Å². The number of aryl methyl sites for hydroxylation is 1. The quantitative estimate of drug-likeness (QED) is 0.663. The maximum atomic E-state index is 14.5. The van der Waals surface area contributed by atoms with E-state index in [-0.39, 0.29) is 27.0 Å². The molecule has 1 N–H and O–H groups in total. The van der Waals surface area contributed by atoms with E-state index in [0.29, 0.717) is 5.69 Å². The van der Waals surface area contributed by atoms with Crippen molar-refractivity contribution >= 4 is 22.4 Å². The van der Waals surface area contributed by atoms with Crippen LogP contribution >= 0.6 is 11.3 Å². The summed E-state index contributed by atoms with van der Waals surface area (Å²) in [6.45, 7) is -1.54. The third kappa shape index (κ3) is 4.19. The molecule has 1 aromatic carbocycles. The van der Waals surface area contributed by atoms with E-state index in [4.69, 9.17) is 4.74 Å². The Kier molecular flexibility index (Phi) is 5.73. The van der Waals surface area contributed by atoms with E-state index in [1.165, 1.54) is 31.5 Å². The Hall–Kier alpha value is -3.21. The van der Waals surface area contributed by atoms with E-state index in [2.05, 4.69) is 25.2 Å². The number of alkyl halides is 2. The highest BCUT2D eigenvalue weighted by molar-refractivity contribution is 7.17. The van der Waals surface area contributed by atoms with Gasteiger partial charge in [0.05, 0.1) is 18.2 Å². The van der Waals surface area contributed by atoms with Crippen molar-refractivity contribution in [2.75, 3.05) is 12.4 Å². The summed E-state index contributed by atoms with van der Waals surface area (Å²) >= 11 is 0.981. The number of pyridine rings is 1. The molecule has 28 heavy (non-hydrogen) atoms. The molecule has 11 heteroatoms. The van der Waals surface area contributed by atoms with Crippen molar-refractivity contribution in [3.8, 4) is 22.1 Å². The number of halogens is 3. The molecule has 2 heterocycles. The lowest BCUT2D eigenvalue weighted by atomic mass is 9.98. The molecule has 0 unspecified atom stereocenters. The Morgan fingerprint density at radius 1 is 1.29 bits per heavy atom. The number of rotatable bonds is 6. The molecule has 2 aromatic heterocycles. The molecular formula is C17H13F3N4O3S. The molecule has 0 saturated heterocycles. The van der Waals surface area contributed by atoms with Crippen LogP contribution in [0, 0.1) is 12.7 Å². The number of anilines is 1. The van der Waals surface area contributed by atoms with Crippen molar-refractivity contribution in [2.24, 2.45) is 0 Å². The van der Waals surface area contributed by atoms with Gasteiger partial charge in [0, 0.05) is 17.5 Å². The molecule has 1 amide bonds. The molecule has 0 saturated carbocycles. The van der Waals surface area contributed by atoms with E-state index >= 15 is 0 Å². The van der Waals surface area contributed by atoms with Gasteiger partial charge in [0.2, 0.25) is 5.13 Å². The maximum absolute atomic E-state index is 14.5. The second kappa shape index (κ2) is 8.21. The van der Waals surface area contributed by atoms with E-state index in [1.54, 1.807) is 6.92 Å². The second-order valence-corrected chi connectivity index (χ2v) is 6.33. The predicted molar refractivity (Wildman–Crippen MR) is 95.4 cm³/mol. The lowest BCUT2D eigenvalue weighted by molar-refractivity contribution is -0.0495. The van der Waals surface area contributed by atoms with Crippen molar-refractivity contribution in [1.82, 2.24) is 15.2 Å². The Morgan fingerprint density at radius 3 is 2.75 bits per heavy atom. The summed E-state index contributed by atoms with van der Waals surface area (Å²) in [6, 6.07) is 4.92. The fourth-order valence-corrected chi connectivity index (χ4v) is 2.97. The lowest BCUT2D eigenvalue weighted by Crippen LogP contribution is -2.14. The number of nitrogens with zero attached hydrogens (tertiary/aromatic N) is 3. The number of hydrogen-bond acceptors (Lipinski definition) is 7. The molecule has 0 atom stereocenters. The number of hydrogen-bond donors (Lipinski definition) is 1. The van der Waals surface area contributed by atoms with Gasteiger partial charge >= 0.3 is 6.61 Å². The zero-order valence-corrected chi connectivity index (χ0v) is 15.4. The minimum Gasteiger partial charge on any atom is -0.472 e. The van der Waals surface area contributed by atoms with Crippen molar-refractivity contribution < 1.29 is 27.4 Å². The Labute approximate surface area is 161 Å². The van der Waals surface area contributed by atoms with Gasteiger partial charge in [-0.3, -0.25) is 15.1 Å². The van der Waals surface area contributed by atoms with Crippen LogP contribution in [0.15, 0.2) is 30.5 Å². The topological polar surface area (TPSA) is 86.2 Å². The highest BCUT2D eigenvalue weighted by Crippen LogP contribution is 2.36. The second-order valence-electron chi connectivity index (χ2n) is 5.39. The monoisotopic (exact) mass is 410 g/mol. The molecule has 0 fully saturated rings. The summed E-state index contributed by atoms with van der Waals surface area (Å²) in [5.74, 6) is -1.89. The van der Waals surface area contributed by atoms with Crippen LogP contribution in [0.1, 0.15) is 16.1 Å². The summed E-state index contributed by atoms with van der Waals surface area (Å²) in [5, 5.41) is 10.3. The van der Waals surface area contributed by atoms with Crippen LogP contribution in [0.2, 0.25) is 0 Å². The first-order chi connectivity index (χ1) is 13.4. The zero-order chi connectivity index (χ0) is 20.3. The molecule has 0 aliphatic heterocycles. The molecule has 0 bridgehead atoms. The normalized spacial score (nSPS) is 10.8. The van der Waals surface area contributed by atoms with E-state index in [0.717, 1.165) is 17.4 Å². The van der Waals surface area contributed by atoms with Crippen molar-refractivity contribution in [3.63, 3.8) is 0 Å². The van der Waals surface area contributed by atoms with Crippen LogP contribution < -0.4 is 14.8 Å². The van der Waals surface area contributed by atoms with Gasteiger partial charge in [0.1, 0.15) is 11.6 Å². The van der Waals surface area contributed by atoms with Gasteiger partial charge < -0.3 is 9.47 Å². The summed E-state index contributed by atoms with van der Waals surface area (Å²) in [6.07, 6.45) is 1.22. The van der Waals surface area contributed by atoms with Crippen LogP contribution in [0.25, 0.3) is 11.1 Å². The summed E-state index contributed by atoms with van der Waals surface area (Å²) in [5.41, 5.74) is 0.183. The van der Waals surface area contributed by atoms with Crippen LogP contribution in [0.4, 0.5) is 18.3 Å². The van der Waals surface area contributed by atoms with Gasteiger partial charge in [-0.2, -0.15) is 8.78 Å². The summed E-state index contributed by atoms with van der Waals surface area (Å²) in [7, 11) is 1.40. The first kappa shape index (κ1) is 19.5. The van der Waals surface area contributed by atoms with Gasteiger partial charge in [-0.25, -0.2) is 4.39 Å². The lowest BCUT2D eigenvalue weighted by Gasteiger charge is -2.15. The Morgan fingerprint density at radius 2 is 2.07 bits per heavy atom. The fraction of sp³-hybridized carbons (Fsp3) is 0.176. The van der Waals surface area contributed by atoms with E-state index in [1.807, 2.05) is 0 Å².